The molecule has 1 aromatic carbocycles. The molecule has 0 heterocycles. The average molecular weight is 461 g/mol. The number of ether oxygens (including phenoxy) is 1. The molecular formula is C24H36N4O5. The summed E-state index contributed by atoms with van der Waals surface area (Å²) in [5, 5.41) is 24.5. The smallest absolute Gasteiger partial charge is 0.408 e. The van der Waals surface area contributed by atoms with Gasteiger partial charge < -0.3 is 25.4 Å². The van der Waals surface area contributed by atoms with Crippen molar-refractivity contribution in [2.24, 2.45) is 5.92 Å². The van der Waals surface area contributed by atoms with Crippen molar-refractivity contribution in [2.75, 3.05) is 6.54 Å². The quantitative estimate of drug-likeness (QED) is 0.485. The number of phenols is 1. The second-order valence-electron chi connectivity index (χ2n) is 9.61. The molecule has 1 aromatic rings. The molecule has 3 N–H and O–H groups in total. The second-order valence-corrected chi connectivity index (χ2v) is 9.61. The number of phenolic OH excluding ortho intramolecular Hbond substituents is 1. The Kier molecular flexibility index (Phi) is 10.2. The lowest BCUT2D eigenvalue weighted by Crippen LogP contribution is -2.54. The predicted octanol–water partition coefficient (Wildman–Crippen LogP) is 3.25. The zero-order valence-electron chi connectivity index (χ0n) is 20.5. The molecule has 0 radical (unpaired) electrons. The molecule has 0 aliphatic carbocycles. The lowest BCUT2D eigenvalue weighted by atomic mass is 9.99. The first kappa shape index (κ1) is 27.8. The first-order chi connectivity index (χ1) is 15.2. The molecule has 0 bridgehead atoms. The fraction of sp³-hybridized carbons (Fsp3) is 0.583. The second kappa shape index (κ2) is 12.1. The topological polar surface area (TPSA) is 132 Å². The van der Waals surface area contributed by atoms with Gasteiger partial charge in [-0.25, -0.2) is 4.79 Å². The fourth-order valence-corrected chi connectivity index (χ4v) is 3.21. The molecule has 1 rings (SSSR count). The van der Waals surface area contributed by atoms with Crippen LogP contribution in [0.3, 0.4) is 0 Å². The third kappa shape index (κ3) is 9.39. The SMILES string of the molecule is CC(C)CC(NC(=O)OC(C)(C)C)C(=O)N(CC#N)C(C(=O)NC(C)C)c1ccc(O)cc1. The molecule has 3 amide bonds. The minimum absolute atomic E-state index is 0.00389. The molecule has 0 aliphatic heterocycles. The molecule has 0 aromatic heterocycles. The Labute approximate surface area is 196 Å². The number of carbonyl (C=O) groups is 3. The first-order valence-electron chi connectivity index (χ1n) is 11.0. The van der Waals surface area contributed by atoms with Gasteiger partial charge in [-0.15, -0.1) is 0 Å². The van der Waals surface area contributed by atoms with E-state index in [4.69, 9.17) is 4.74 Å². The van der Waals surface area contributed by atoms with Gasteiger partial charge in [0.1, 0.15) is 30.0 Å². The highest BCUT2D eigenvalue weighted by atomic mass is 16.6. The van der Waals surface area contributed by atoms with Crippen molar-refractivity contribution in [3.63, 3.8) is 0 Å². The number of hydrogen-bond donors (Lipinski definition) is 3. The van der Waals surface area contributed by atoms with Crippen LogP contribution in [0.25, 0.3) is 0 Å². The van der Waals surface area contributed by atoms with Crippen LogP contribution in [0.1, 0.15) is 66.5 Å². The minimum Gasteiger partial charge on any atom is -0.508 e. The van der Waals surface area contributed by atoms with Crippen LogP contribution < -0.4 is 10.6 Å². The molecule has 182 valence electrons. The molecule has 0 saturated carbocycles. The summed E-state index contributed by atoms with van der Waals surface area (Å²) in [6, 6.07) is 5.48. The van der Waals surface area contributed by atoms with Gasteiger partial charge in [-0.2, -0.15) is 5.26 Å². The molecule has 0 fully saturated rings. The van der Waals surface area contributed by atoms with Gasteiger partial charge in [0.15, 0.2) is 0 Å². The largest absolute Gasteiger partial charge is 0.508 e. The van der Waals surface area contributed by atoms with Gasteiger partial charge >= 0.3 is 6.09 Å². The Morgan fingerprint density at radius 1 is 1.09 bits per heavy atom. The van der Waals surface area contributed by atoms with Crippen LogP contribution >= 0.6 is 0 Å². The minimum atomic E-state index is -1.13. The van der Waals surface area contributed by atoms with Gasteiger partial charge in [0.25, 0.3) is 0 Å². The highest BCUT2D eigenvalue weighted by Crippen LogP contribution is 2.25. The summed E-state index contributed by atoms with van der Waals surface area (Å²) in [5.74, 6) is -1.01. The van der Waals surface area contributed by atoms with E-state index in [-0.39, 0.29) is 30.7 Å². The highest BCUT2D eigenvalue weighted by Gasteiger charge is 2.36. The summed E-state index contributed by atoms with van der Waals surface area (Å²) in [6.07, 6.45) is -0.472. The van der Waals surface area contributed by atoms with Crippen LogP contribution in [-0.4, -0.2) is 52.1 Å². The zero-order chi connectivity index (χ0) is 25.3. The number of carbonyl (C=O) groups excluding carboxylic acids is 3. The van der Waals surface area contributed by atoms with E-state index >= 15 is 0 Å². The molecule has 0 spiro atoms. The number of alkyl carbamates (subject to hydrolysis) is 1. The van der Waals surface area contributed by atoms with Crippen molar-refractivity contribution in [1.29, 1.82) is 5.26 Å². The maximum atomic E-state index is 13.6. The van der Waals surface area contributed by atoms with Gasteiger partial charge in [0.2, 0.25) is 11.8 Å². The van der Waals surface area contributed by atoms with E-state index in [1.165, 1.54) is 24.3 Å². The number of nitriles is 1. The van der Waals surface area contributed by atoms with Gasteiger partial charge in [0, 0.05) is 6.04 Å². The van der Waals surface area contributed by atoms with Gasteiger partial charge in [-0.05, 0) is 64.7 Å². The molecule has 2 unspecified atom stereocenters. The molecule has 0 aliphatic rings. The van der Waals surface area contributed by atoms with Crippen molar-refractivity contribution in [3.05, 3.63) is 29.8 Å². The standard InChI is InChI=1S/C24H36N4O5/c1-15(2)14-19(27-23(32)33-24(5,6)7)22(31)28(13-12-25)20(21(30)26-16(3)4)17-8-10-18(29)11-9-17/h8-11,15-16,19-20,29H,13-14H2,1-7H3,(H,26,30)(H,27,32). The van der Waals surface area contributed by atoms with E-state index in [2.05, 4.69) is 10.6 Å². The third-order valence-corrected chi connectivity index (χ3v) is 4.42. The van der Waals surface area contributed by atoms with Crippen LogP contribution in [0.15, 0.2) is 24.3 Å². The molecular weight excluding hydrogens is 424 g/mol. The zero-order valence-corrected chi connectivity index (χ0v) is 20.5. The lowest BCUT2D eigenvalue weighted by Gasteiger charge is -2.33. The Balaban J connectivity index is 3.40. The Morgan fingerprint density at radius 3 is 2.12 bits per heavy atom. The number of amides is 3. The van der Waals surface area contributed by atoms with E-state index in [1.807, 2.05) is 19.9 Å². The lowest BCUT2D eigenvalue weighted by molar-refractivity contribution is -0.142. The van der Waals surface area contributed by atoms with Crippen molar-refractivity contribution >= 4 is 17.9 Å². The van der Waals surface area contributed by atoms with Crippen molar-refractivity contribution in [2.45, 2.75) is 78.6 Å². The molecule has 2 atom stereocenters. The Hall–Kier alpha value is -3.28. The van der Waals surface area contributed by atoms with Gasteiger partial charge in [-0.1, -0.05) is 26.0 Å². The number of rotatable bonds is 9. The van der Waals surface area contributed by atoms with Crippen molar-refractivity contribution in [1.82, 2.24) is 15.5 Å². The van der Waals surface area contributed by atoms with E-state index in [0.29, 0.717) is 5.56 Å². The average Bonchev–Trinajstić information content (AvgIpc) is 2.65. The monoisotopic (exact) mass is 460 g/mol. The van der Waals surface area contributed by atoms with E-state index in [0.717, 1.165) is 4.90 Å². The number of hydrogen-bond acceptors (Lipinski definition) is 6. The summed E-state index contributed by atoms with van der Waals surface area (Å²) in [6.45, 7) is 12.1. The molecule has 9 heteroatoms. The van der Waals surface area contributed by atoms with E-state index in [1.54, 1.807) is 34.6 Å². The Morgan fingerprint density at radius 2 is 1.67 bits per heavy atom. The van der Waals surface area contributed by atoms with Crippen molar-refractivity contribution in [3.8, 4) is 11.8 Å². The van der Waals surface area contributed by atoms with Crippen LogP contribution in [0.2, 0.25) is 0 Å². The molecule has 33 heavy (non-hydrogen) atoms. The number of nitrogens with zero attached hydrogens (tertiary/aromatic N) is 2. The molecule has 0 saturated heterocycles. The van der Waals surface area contributed by atoms with Gasteiger partial charge in [-0.3, -0.25) is 9.59 Å². The maximum Gasteiger partial charge on any atom is 0.408 e. The third-order valence-electron chi connectivity index (χ3n) is 4.42. The van der Waals surface area contributed by atoms with Crippen LogP contribution in [0.5, 0.6) is 5.75 Å². The first-order valence-corrected chi connectivity index (χ1v) is 11.0. The predicted molar refractivity (Wildman–Crippen MR) is 124 cm³/mol. The van der Waals surface area contributed by atoms with Crippen LogP contribution in [0.4, 0.5) is 4.79 Å². The number of benzene rings is 1. The normalized spacial score (nSPS) is 13.1. The Bertz CT molecular complexity index is 853. The summed E-state index contributed by atoms with van der Waals surface area (Å²) < 4.78 is 5.31. The van der Waals surface area contributed by atoms with E-state index in [9.17, 15) is 24.8 Å². The van der Waals surface area contributed by atoms with E-state index < -0.39 is 35.6 Å². The van der Waals surface area contributed by atoms with Crippen molar-refractivity contribution < 1.29 is 24.2 Å². The summed E-state index contributed by atoms with van der Waals surface area (Å²) >= 11 is 0. The summed E-state index contributed by atoms with van der Waals surface area (Å²) in [4.78, 5) is 40.3. The highest BCUT2D eigenvalue weighted by molar-refractivity contribution is 5.92. The number of aromatic hydroxyl groups is 1. The van der Waals surface area contributed by atoms with Crippen LogP contribution in [-0.2, 0) is 14.3 Å². The van der Waals surface area contributed by atoms with Crippen LogP contribution in [0, 0.1) is 17.2 Å². The summed E-state index contributed by atoms with van der Waals surface area (Å²) in [7, 11) is 0. The molecule has 9 nitrogen and oxygen atoms in total. The summed E-state index contributed by atoms with van der Waals surface area (Å²) in [5.41, 5.74) is -0.330. The number of nitrogens with one attached hydrogen (secondary N) is 2. The fourth-order valence-electron chi connectivity index (χ4n) is 3.21. The van der Waals surface area contributed by atoms with Gasteiger partial charge in [0.05, 0.1) is 6.07 Å². The maximum absolute atomic E-state index is 13.6.